The minimum Gasteiger partial charge on any atom is -0.367 e. The van der Waals surface area contributed by atoms with Crippen LogP contribution in [0.5, 0.6) is 0 Å². The molecule has 0 aliphatic heterocycles. The molecular formula is C19H22ClN5O2S. The van der Waals surface area contributed by atoms with Crippen LogP contribution in [0.25, 0.3) is 22.2 Å². The molecule has 0 bridgehead atoms. The van der Waals surface area contributed by atoms with E-state index in [-0.39, 0.29) is 6.54 Å². The van der Waals surface area contributed by atoms with Gasteiger partial charge in [0.25, 0.3) is 0 Å². The molecule has 1 unspecified atom stereocenters. The third kappa shape index (κ3) is 4.52. The van der Waals surface area contributed by atoms with Crippen LogP contribution in [0.15, 0.2) is 30.6 Å². The lowest BCUT2D eigenvalue weighted by atomic mass is 9.95. The Labute approximate surface area is 170 Å². The topological polar surface area (TPSA) is 103 Å². The Balaban J connectivity index is 1.64. The van der Waals surface area contributed by atoms with Crippen molar-refractivity contribution >= 4 is 39.7 Å². The largest absolute Gasteiger partial charge is 0.367 e. The van der Waals surface area contributed by atoms with Crippen LogP contribution in [0, 0.1) is 0 Å². The number of anilines is 1. The lowest BCUT2D eigenvalue weighted by Gasteiger charge is -2.23. The van der Waals surface area contributed by atoms with Crippen molar-refractivity contribution in [2.45, 2.75) is 44.7 Å². The van der Waals surface area contributed by atoms with Crippen LogP contribution in [0.4, 0.5) is 5.82 Å². The van der Waals surface area contributed by atoms with Gasteiger partial charge in [0.1, 0.15) is 16.6 Å². The number of pyridine rings is 2. The third-order valence-electron chi connectivity index (χ3n) is 5.05. The van der Waals surface area contributed by atoms with Crippen LogP contribution >= 0.6 is 11.6 Å². The second-order valence-corrected chi connectivity index (χ2v) is 8.23. The van der Waals surface area contributed by atoms with E-state index in [9.17, 15) is 4.21 Å². The number of nitrogens with zero attached hydrogens (tertiary/aromatic N) is 2. The summed E-state index contributed by atoms with van der Waals surface area (Å²) >= 11 is 4.24. The highest BCUT2D eigenvalue weighted by Crippen LogP contribution is 2.32. The van der Waals surface area contributed by atoms with Gasteiger partial charge in [0, 0.05) is 35.9 Å². The van der Waals surface area contributed by atoms with E-state index in [1.807, 2.05) is 24.4 Å². The third-order valence-corrected chi connectivity index (χ3v) is 5.63. The van der Waals surface area contributed by atoms with Crippen LogP contribution in [0.3, 0.4) is 0 Å². The molecule has 0 amide bonds. The van der Waals surface area contributed by atoms with Crippen molar-refractivity contribution in [2.75, 3.05) is 5.32 Å². The smallest absolute Gasteiger partial charge is 0.232 e. The Bertz CT molecular complexity index is 1000. The molecule has 9 heteroatoms. The summed E-state index contributed by atoms with van der Waals surface area (Å²) < 4.78 is 22.3. The number of nitrogens with one attached hydrogen (secondary N) is 3. The number of hydrogen-bond donors (Lipinski definition) is 4. The zero-order chi connectivity index (χ0) is 19.5. The number of aromatic nitrogens is 3. The number of fused-ring (bicyclic) bond motifs is 1. The molecule has 1 aliphatic carbocycles. The molecule has 1 fully saturated rings. The molecule has 4 N–H and O–H groups in total. The van der Waals surface area contributed by atoms with Gasteiger partial charge in [-0.1, -0.05) is 30.9 Å². The molecule has 4 rings (SSSR count). The van der Waals surface area contributed by atoms with Crippen molar-refractivity contribution in [2.24, 2.45) is 0 Å². The molecule has 7 nitrogen and oxygen atoms in total. The SMILES string of the molecule is O=S(O)NCc1cnc2[nH]cc(-c3cc(Cl)nc(NC4CCCCC4)c3)c2c1. The minimum absolute atomic E-state index is 0.252. The molecule has 1 aliphatic rings. The van der Waals surface area contributed by atoms with Gasteiger partial charge in [-0.25, -0.2) is 18.9 Å². The Hall–Kier alpha value is -2.00. The summed E-state index contributed by atoms with van der Waals surface area (Å²) in [6, 6.07) is 6.24. The fourth-order valence-electron chi connectivity index (χ4n) is 3.71. The van der Waals surface area contributed by atoms with Crippen molar-refractivity contribution in [1.82, 2.24) is 19.7 Å². The quantitative estimate of drug-likeness (QED) is 0.353. The highest BCUT2D eigenvalue weighted by atomic mass is 35.5. The molecule has 3 aromatic heterocycles. The maximum atomic E-state index is 10.9. The van der Waals surface area contributed by atoms with Crippen molar-refractivity contribution in [3.63, 3.8) is 0 Å². The number of hydrogen-bond acceptors (Lipinski definition) is 4. The summed E-state index contributed by atoms with van der Waals surface area (Å²) in [7, 11) is 0. The highest BCUT2D eigenvalue weighted by Gasteiger charge is 2.15. The summed E-state index contributed by atoms with van der Waals surface area (Å²) in [4.78, 5) is 12.0. The summed E-state index contributed by atoms with van der Waals surface area (Å²) in [5, 5.41) is 4.88. The lowest BCUT2D eigenvalue weighted by molar-refractivity contribution is 0.462. The average Bonchev–Trinajstić information content (AvgIpc) is 3.10. The molecule has 0 radical (unpaired) electrons. The van der Waals surface area contributed by atoms with Gasteiger partial charge in [-0.2, -0.15) is 0 Å². The first-order valence-corrected chi connectivity index (χ1v) is 10.8. The van der Waals surface area contributed by atoms with Crippen LogP contribution in [0.1, 0.15) is 37.7 Å². The maximum Gasteiger partial charge on any atom is 0.232 e. The van der Waals surface area contributed by atoms with Gasteiger partial charge in [-0.05, 0) is 42.2 Å². The van der Waals surface area contributed by atoms with Gasteiger partial charge in [0.05, 0.1) is 0 Å². The van der Waals surface area contributed by atoms with Crippen molar-refractivity contribution in [3.05, 3.63) is 41.3 Å². The second kappa shape index (κ2) is 8.57. The Morgan fingerprint density at radius 2 is 2.07 bits per heavy atom. The van der Waals surface area contributed by atoms with Gasteiger partial charge < -0.3 is 10.3 Å². The fraction of sp³-hybridized carbons (Fsp3) is 0.368. The molecule has 3 heterocycles. The number of halogens is 1. The molecule has 148 valence electrons. The van der Waals surface area contributed by atoms with Crippen molar-refractivity contribution in [1.29, 1.82) is 0 Å². The molecule has 0 spiro atoms. The Kier molecular flexibility index (Phi) is 5.91. The number of aromatic amines is 1. The molecule has 28 heavy (non-hydrogen) atoms. The molecule has 1 atom stereocenters. The van der Waals surface area contributed by atoms with Gasteiger partial charge in [0.2, 0.25) is 11.3 Å². The first kappa shape index (κ1) is 19.3. The zero-order valence-electron chi connectivity index (χ0n) is 15.2. The van der Waals surface area contributed by atoms with Crippen molar-refractivity contribution < 1.29 is 8.76 Å². The van der Waals surface area contributed by atoms with E-state index in [4.69, 9.17) is 16.2 Å². The maximum absolute atomic E-state index is 10.9. The first-order chi connectivity index (χ1) is 13.6. The summed E-state index contributed by atoms with van der Waals surface area (Å²) in [5.74, 6) is 0.783. The van der Waals surface area contributed by atoms with E-state index in [0.717, 1.165) is 46.4 Å². The molecule has 0 aromatic carbocycles. The minimum atomic E-state index is -2.06. The standard InChI is InChI=1S/C19H22ClN5O2S/c20-17-7-13(8-18(25-17)24-14-4-2-1-3-5-14)16-11-22-19-15(16)6-12(9-21-19)10-23-28(26)27/h6-9,11,14,23H,1-5,10H2,(H,21,22)(H,24,25)(H,26,27). The summed E-state index contributed by atoms with van der Waals surface area (Å²) in [5.41, 5.74) is 3.47. The first-order valence-electron chi connectivity index (χ1n) is 9.33. The van der Waals surface area contributed by atoms with E-state index in [2.05, 4.69) is 25.0 Å². The average molecular weight is 420 g/mol. The molecule has 3 aromatic rings. The lowest BCUT2D eigenvalue weighted by Crippen LogP contribution is -2.22. The van der Waals surface area contributed by atoms with E-state index in [0.29, 0.717) is 11.2 Å². The molecule has 1 saturated carbocycles. The van der Waals surface area contributed by atoms with Crippen LogP contribution in [0.2, 0.25) is 5.15 Å². The van der Waals surface area contributed by atoms with Gasteiger partial charge in [0.15, 0.2) is 0 Å². The van der Waals surface area contributed by atoms with E-state index < -0.39 is 11.3 Å². The highest BCUT2D eigenvalue weighted by molar-refractivity contribution is 7.77. The number of H-pyrrole nitrogens is 1. The Morgan fingerprint density at radius 3 is 2.86 bits per heavy atom. The van der Waals surface area contributed by atoms with Gasteiger partial charge in [-0.3, -0.25) is 4.55 Å². The predicted octanol–water partition coefficient (Wildman–Crippen LogP) is 4.25. The van der Waals surface area contributed by atoms with Gasteiger partial charge in [-0.15, -0.1) is 0 Å². The summed E-state index contributed by atoms with van der Waals surface area (Å²) in [6.45, 7) is 0.252. The van der Waals surface area contributed by atoms with Gasteiger partial charge >= 0.3 is 0 Å². The monoisotopic (exact) mass is 419 g/mol. The van der Waals surface area contributed by atoms with E-state index in [1.54, 1.807) is 6.20 Å². The molecule has 0 saturated heterocycles. The summed E-state index contributed by atoms with van der Waals surface area (Å²) in [6.07, 6.45) is 9.68. The van der Waals surface area contributed by atoms with Crippen molar-refractivity contribution in [3.8, 4) is 11.1 Å². The van der Waals surface area contributed by atoms with Crippen LogP contribution in [-0.2, 0) is 17.8 Å². The number of rotatable bonds is 6. The zero-order valence-corrected chi connectivity index (χ0v) is 16.8. The Morgan fingerprint density at radius 1 is 1.25 bits per heavy atom. The predicted molar refractivity (Wildman–Crippen MR) is 112 cm³/mol. The molecular weight excluding hydrogens is 398 g/mol. The van der Waals surface area contributed by atoms with E-state index in [1.165, 1.54) is 19.3 Å². The second-order valence-electron chi connectivity index (χ2n) is 7.06. The van der Waals surface area contributed by atoms with Crippen LogP contribution in [-0.4, -0.2) is 29.8 Å². The normalized spacial score (nSPS) is 16.4. The fourth-order valence-corrected chi connectivity index (χ4v) is 4.21. The van der Waals surface area contributed by atoms with E-state index >= 15 is 0 Å². The van der Waals surface area contributed by atoms with Crippen LogP contribution < -0.4 is 10.0 Å².